The molecule has 0 unspecified atom stereocenters. The van der Waals surface area contributed by atoms with E-state index in [1.165, 1.54) is 0 Å². The number of hydrogen-bond donors (Lipinski definition) is 2. The molecular weight excluding hydrogens is 493 g/mol. The van der Waals surface area contributed by atoms with Crippen molar-refractivity contribution >= 4 is 16.6 Å². The van der Waals surface area contributed by atoms with Crippen LogP contribution in [0, 0.1) is 34.5 Å². The van der Waals surface area contributed by atoms with E-state index in [1.54, 1.807) is 0 Å². The SMILES string of the molecule is [2H]C([2H])(O)C[C@]1(C)C[C@H](O)C[C@@]2(C)[C@@H]3C[C@@H](C)C[C@@H](O[Si](CC)(CC)CC)[C@H]3C[C@H](O[Si](C)(C)C(C)(C)C)[C@H]12. The Morgan fingerprint density at radius 3 is 2.05 bits per heavy atom. The molecular formula is C31H62O4Si2. The summed E-state index contributed by atoms with van der Waals surface area (Å²) in [6.45, 7) is 23.1. The van der Waals surface area contributed by atoms with Crippen LogP contribution in [0.5, 0.6) is 0 Å². The molecule has 9 atom stereocenters. The second-order valence-corrected chi connectivity index (χ2v) is 24.9. The third-order valence-corrected chi connectivity index (χ3v) is 21.1. The van der Waals surface area contributed by atoms with Crippen LogP contribution in [0.4, 0.5) is 0 Å². The van der Waals surface area contributed by atoms with Crippen molar-refractivity contribution < 1.29 is 21.8 Å². The maximum Gasteiger partial charge on any atom is 0.192 e. The Morgan fingerprint density at radius 2 is 1.54 bits per heavy atom. The minimum Gasteiger partial charge on any atom is -0.414 e. The molecule has 3 aliphatic rings. The number of aliphatic hydroxyl groups is 2. The number of aliphatic hydroxyl groups excluding tert-OH is 1. The standard InChI is InChI=1S/C31H62O4Si2/c1-12-37(13-2,14-3)35-26-18-22(4)17-25-24(26)19-27(34-36(10,11)29(5,6)7)28-30(8,15-16-32)20-23(33)21-31(25,28)9/h22-28,32-33H,12-21H2,1-11H3/t22-,23+,24+,25-,26-,27+,28-,30-,31+/m1/s1/i16D2. The number of hydrogen-bond acceptors (Lipinski definition) is 4. The van der Waals surface area contributed by atoms with Crippen LogP contribution in [0.3, 0.4) is 0 Å². The fourth-order valence-electron chi connectivity index (χ4n) is 8.93. The summed E-state index contributed by atoms with van der Waals surface area (Å²) in [5.74, 6) is 1.40. The Bertz CT molecular complexity index is 831. The third kappa shape index (κ3) is 6.00. The van der Waals surface area contributed by atoms with Crippen LogP contribution in [0.25, 0.3) is 0 Å². The lowest BCUT2D eigenvalue weighted by atomic mass is 9.42. The molecule has 3 aliphatic carbocycles. The zero-order chi connectivity index (χ0) is 29.8. The van der Waals surface area contributed by atoms with Gasteiger partial charge >= 0.3 is 0 Å². The van der Waals surface area contributed by atoms with E-state index in [4.69, 9.17) is 11.6 Å². The molecule has 0 aromatic carbocycles. The zero-order valence-electron chi connectivity index (χ0n) is 28.1. The van der Waals surface area contributed by atoms with Crippen molar-refractivity contribution in [2.75, 3.05) is 6.56 Å². The highest BCUT2D eigenvalue weighted by Gasteiger charge is 2.64. The van der Waals surface area contributed by atoms with Crippen molar-refractivity contribution in [3.05, 3.63) is 0 Å². The van der Waals surface area contributed by atoms with E-state index in [0.29, 0.717) is 24.2 Å². The summed E-state index contributed by atoms with van der Waals surface area (Å²) in [6, 6.07) is 3.44. The Labute approximate surface area is 234 Å². The molecule has 6 heteroatoms. The first kappa shape index (κ1) is 28.8. The van der Waals surface area contributed by atoms with Gasteiger partial charge in [0.25, 0.3) is 0 Å². The summed E-state index contributed by atoms with van der Waals surface area (Å²) in [6.07, 6.45) is 4.11. The molecule has 218 valence electrons. The quantitative estimate of drug-likeness (QED) is 0.282. The van der Waals surface area contributed by atoms with Gasteiger partial charge in [-0.2, -0.15) is 0 Å². The van der Waals surface area contributed by atoms with Crippen LogP contribution in [-0.2, 0) is 8.85 Å². The van der Waals surface area contributed by atoms with Gasteiger partial charge in [-0.1, -0.05) is 62.3 Å². The lowest BCUT2D eigenvalue weighted by Gasteiger charge is -2.66. The highest BCUT2D eigenvalue weighted by Crippen LogP contribution is 2.66. The maximum absolute atomic E-state index is 11.4. The van der Waals surface area contributed by atoms with Gasteiger partial charge in [0, 0.05) is 18.8 Å². The highest BCUT2D eigenvalue weighted by atomic mass is 28.4. The second-order valence-electron chi connectivity index (χ2n) is 15.4. The molecule has 0 saturated heterocycles. The third-order valence-electron chi connectivity index (χ3n) is 11.9. The van der Waals surface area contributed by atoms with Crippen LogP contribution < -0.4 is 0 Å². The summed E-state index contributed by atoms with van der Waals surface area (Å²) in [7, 11) is -3.97. The minimum absolute atomic E-state index is 0.0269. The molecule has 0 aromatic heterocycles. The van der Waals surface area contributed by atoms with Gasteiger partial charge < -0.3 is 19.1 Å². The average Bonchev–Trinajstić information content (AvgIpc) is 2.75. The Balaban J connectivity index is 2.15. The van der Waals surface area contributed by atoms with E-state index < -0.39 is 34.7 Å². The van der Waals surface area contributed by atoms with Crippen molar-refractivity contribution in [1.29, 1.82) is 0 Å². The van der Waals surface area contributed by atoms with Crippen molar-refractivity contribution in [2.24, 2.45) is 34.5 Å². The molecule has 0 aliphatic heterocycles. The van der Waals surface area contributed by atoms with Gasteiger partial charge in [-0.3, -0.25) is 0 Å². The zero-order valence-corrected chi connectivity index (χ0v) is 28.1. The van der Waals surface area contributed by atoms with Crippen molar-refractivity contribution in [2.45, 2.75) is 155 Å². The lowest BCUT2D eigenvalue weighted by molar-refractivity contribution is -0.212. The molecule has 0 bridgehead atoms. The molecule has 0 aromatic rings. The van der Waals surface area contributed by atoms with Gasteiger partial charge in [0.05, 0.1) is 8.85 Å². The number of fused-ring (bicyclic) bond motifs is 3. The monoisotopic (exact) mass is 556 g/mol. The second kappa shape index (κ2) is 11.3. The predicted octanol–water partition coefficient (Wildman–Crippen LogP) is 8.00. The summed E-state index contributed by atoms with van der Waals surface area (Å²) >= 11 is 0. The van der Waals surface area contributed by atoms with E-state index in [-0.39, 0.29) is 35.0 Å². The van der Waals surface area contributed by atoms with Gasteiger partial charge in [0.2, 0.25) is 0 Å². The summed E-state index contributed by atoms with van der Waals surface area (Å²) in [5, 5.41) is 21.9. The van der Waals surface area contributed by atoms with E-state index >= 15 is 0 Å². The van der Waals surface area contributed by atoms with E-state index in [2.05, 4.69) is 75.4 Å². The maximum atomic E-state index is 11.4. The molecule has 0 heterocycles. The van der Waals surface area contributed by atoms with Crippen molar-refractivity contribution in [3.8, 4) is 0 Å². The highest BCUT2D eigenvalue weighted by molar-refractivity contribution is 6.74. The van der Waals surface area contributed by atoms with Crippen LogP contribution in [0.2, 0.25) is 36.3 Å². The van der Waals surface area contributed by atoms with Crippen LogP contribution >= 0.6 is 0 Å². The molecule has 0 radical (unpaired) electrons. The van der Waals surface area contributed by atoms with E-state index in [9.17, 15) is 10.2 Å². The van der Waals surface area contributed by atoms with Crippen LogP contribution in [0.15, 0.2) is 0 Å². The summed E-state index contributed by atoms with van der Waals surface area (Å²) in [4.78, 5) is 0. The average molecular weight is 557 g/mol. The fraction of sp³-hybridized carbons (Fsp3) is 1.00. The van der Waals surface area contributed by atoms with Gasteiger partial charge in [-0.15, -0.1) is 0 Å². The lowest BCUT2D eigenvalue weighted by Crippen LogP contribution is -2.65. The Kier molecular flexibility index (Phi) is 8.77. The van der Waals surface area contributed by atoms with Gasteiger partial charge in [0.15, 0.2) is 16.6 Å². The molecule has 3 rings (SSSR count). The minimum atomic E-state index is -2.29. The van der Waals surface area contributed by atoms with E-state index in [0.717, 1.165) is 43.8 Å². The van der Waals surface area contributed by atoms with Crippen molar-refractivity contribution in [1.82, 2.24) is 0 Å². The number of rotatable bonds is 9. The molecule has 0 amide bonds. The molecule has 37 heavy (non-hydrogen) atoms. The summed E-state index contributed by atoms with van der Waals surface area (Å²) < 4.78 is 31.0. The van der Waals surface area contributed by atoms with E-state index in [1.807, 2.05) is 0 Å². The van der Waals surface area contributed by atoms with Crippen molar-refractivity contribution in [3.63, 3.8) is 0 Å². The Hall–Kier alpha value is 0.274. The predicted molar refractivity (Wildman–Crippen MR) is 161 cm³/mol. The first-order chi connectivity index (χ1) is 17.7. The first-order valence-corrected chi connectivity index (χ1v) is 20.9. The van der Waals surface area contributed by atoms with Gasteiger partial charge in [-0.25, -0.2) is 0 Å². The molecule has 2 N–H and O–H groups in total. The fourth-order valence-corrected chi connectivity index (χ4v) is 13.2. The summed E-state index contributed by atoms with van der Waals surface area (Å²) in [5.41, 5.74) is -0.771. The molecule has 3 fully saturated rings. The first-order valence-electron chi connectivity index (χ1n) is 16.4. The topological polar surface area (TPSA) is 58.9 Å². The van der Waals surface area contributed by atoms with Gasteiger partial charge in [0.1, 0.15) is 0 Å². The molecule has 4 nitrogen and oxygen atoms in total. The largest absolute Gasteiger partial charge is 0.414 e. The normalized spacial score (nSPS) is 42.5. The Morgan fingerprint density at radius 1 is 0.946 bits per heavy atom. The van der Waals surface area contributed by atoms with Gasteiger partial charge in [-0.05, 0) is 109 Å². The van der Waals surface area contributed by atoms with Crippen LogP contribution in [-0.4, -0.2) is 51.7 Å². The smallest absolute Gasteiger partial charge is 0.192 e. The molecule has 0 spiro atoms. The molecule has 3 saturated carbocycles. The van der Waals surface area contributed by atoms with Crippen LogP contribution in [0.1, 0.15) is 104 Å².